The summed E-state index contributed by atoms with van der Waals surface area (Å²) in [5.41, 5.74) is 6.73. The number of aryl methyl sites for hydroxylation is 2. The van der Waals surface area contributed by atoms with E-state index in [-0.39, 0.29) is 5.91 Å². The average Bonchev–Trinajstić information content (AvgIpc) is 3.25. The van der Waals surface area contributed by atoms with Crippen molar-refractivity contribution in [3.63, 3.8) is 0 Å². The summed E-state index contributed by atoms with van der Waals surface area (Å²) < 4.78 is 1.83. The maximum atomic E-state index is 13.5. The normalized spacial score (nSPS) is 14.9. The minimum atomic E-state index is -0.392. The highest BCUT2D eigenvalue weighted by Crippen LogP contribution is 2.37. The Bertz CT molecular complexity index is 1390. The fourth-order valence-corrected chi connectivity index (χ4v) is 4.99. The fourth-order valence-electron chi connectivity index (χ4n) is 4.21. The summed E-state index contributed by atoms with van der Waals surface area (Å²) in [6.07, 6.45) is 0. The first-order valence-corrected chi connectivity index (χ1v) is 12.5. The number of fused-ring (bicyclic) bond motifs is 1. The van der Waals surface area contributed by atoms with E-state index < -0.39 is 6.04 Å². The van der Waals surface area contributed by atoms with Gasteiger partial charge in [0.1, 0.15) is 6.04 Å². The Morgan fingerprint density at radius 3 is 2.49 bits per heavy atom. The first-order chi connectivity index (χ1) is 17.0. The Hall–Kier alpha value is -3.84. The van der Waals surface area contributed by atoms with Crippen LogP contribution in [0.3, 0.4) is 0 Å². The van der Waals surface area contributed by atoms with E-state index in [9.17, 15) is 4.79 Å². The average molecular weight is 482 g/mol. The van der Waals surface area contributed by atoms with Crippen molar-refractivity contribution in [1.82, 2.24) is 14.8 Å². The van der Waals surface area contributed by atoms with Crippen molar-refractivity contribution >= 4 is 29.3 Å². The monoisotopic (exact) mass is 481 g/mol. The van der Waals surface area contributed by atoms with Gasteiger partial charge in [0.15, 0.2) is 0 Å². The molecule has 2 N–H and O–H groups in total. The van der Waals surface area contributed by atoms with E-state index in [0.29, 0.717) is 16.7 Å². The molecule has 0 spiro atoms. The van der Waals surface area contributed by atoms with Gasteiger partial charge in [0.05, 0.1) is 5.57 Å². The second kappa shape index (κ2) is 9.80. The number of carbonyl (C=O) groups excluding carboxylic acids is 1. The summed E-state index contributed by atoms with van der Waals surface area (Å²) in [5, 5.41) is 11.9. The van der Waals surface area contributed by atoms with E-state index in [4.69, 9.17) is 10.1 Å². The van der Waals surface area contributed by atoms with E-state index in [0.717, 1.165) is 28.3 Å². The van der Waals surface area contributed by atoms with Crippen molar-refractivity contribution in [2.24, 2.45) is 0 Å². The molecular formula is C28H27N5OS. The number of para-hydroxylation sites is 1. The quantitative estimate of drug-likeness (QED) is 0.325. The molecule has 0 saturated carbocycles. The van der Waals surface area contributed by atoms with Gasteiger partial charge in [-0.15, -0.1) is 5.10 Å². The van der Waals surface area contributed by atoms with Crippen LogP contribution in [0.1, 0.15) is 35.2 Å². The lowest BCUT2D eigenvalue weighted by molar-refractivity contribution is -0.113. The van der Waals surface area contributed by atoms with E-state index in [1.54, 1.807) is 11.8 Å². The molecule has 0 bridgehead atoms. The standard InChI is InChI=1S/C28H27N5OS/c1-18-12-14-22(15-13-18)25-24(26(34)30-23-10-5-4-6-11-23)20(3)29-27-31-28(32-33(25)27)35-17-21-9-7-8-19(2)16-21/h4-16,25H,17H2,1-3H3,(H,30,34)(H,29,31,32). The van der Waals surface area contributed by atoms with Crippen LogP contribution in [0.2, 0.25) is 0 Å². The zero-order valence-electron chi connectivity index (χ0n) is 19.9. The van der Waals surface area contributed by atoms with Crippen molar-refractivity contribution < 1.29 is 4.79 Å². The first-order valence-electron chi connectivity index (χ1n) is 11.5. The summed E-state index contributed by atoms with van der Waals surface area (Å²) >= 11 is 1.59. The molecule has 1 aliphatic heterocycles. The molecule has 6 nitrogen and oxygen atoms in total. The van der Waals surface area contributed by atoms with Crippen LogP contribution < -0.4 is 10.6 Å². The number of amides is 1. The molecule has 4 aromatic rings. The predicted octanol–water partition coefficient (Wildman–Crippen LogP) is 6.11. The van der Waals surface area contributed by atoms with Crippen molar-refractivity contribution in [2.45, 2.75) is 37.7 Å². The number of nitrogens with one attached hydrogen (secondary N) is 2. The minimum absolute atomic E-state index is 0.165. The maximum Gasteiger partial charge on any atom is 0.255 e. The third-order valence-corrected chi connectivity index (χ3v) is 6.86. The molecule has 1 atom stereocenters. The Morgan fingerprint density at radius 1 is 0.971 bits per heavy atom. The zero-order valence-corrected chi connectivity index (χ0v) is 20.8. The van der Waals surface area contributed by atoms with Crippen LogP contribution >= 0.6 is 11.8 Å². The highest BCUT2D eigenvalue weighted by molar-refractivity contribution is 7.98. The maximum absolute atomic E-state index is 13.5. The zero-order chi connectivity index (χ0) is 24.4. The smallest absolute Gasteiger partial charge is 0.255 e. The van der Waals surface area contributed by atoms with Crippen LogP contribution in [0.15, 0.2) is 95.3 Å². The number of hydrogen-bond donors (Lipinski definition) is 2. The van der Waals surface area contributed by atoms with Crippen molar-refractivity contribution in [2.75, 3.05) is 10.6 Å². The second-order valence-corrected chi connectivity index (χ2v) is 9.68. The van der Waals surface area contributed by atoms with Crippen LogP contribution in [-0.2, 0) is 10.5 Å². The molecule has 0 radical (unpaired) electrons. The number of anilines is 2. The molecule has 3 aromatic carbocycles. The lowest BCUT2D eigenvalue weighted by Crippen LogP contribution is -2.31. The molecule has 0 aliphatic carbocycles. The molecule has 1 aliphatic rings. The second-order valence-electron chi connectivity index (χ2n) is 8.74. The molecule has 2 heterocycles. The number of hydrogen-bond acceptors (Lipinski definition) is 5. The number of aromatic nitrogens is 3. The number of carbonyl (C=O) groups is 1. The summed E-state index contributed by atoms with van der Waals surface area (Å²) in [6.45, 7) is 6.06. The van der Waals surface area contributed by atoms with Crippen LogP contribution in [0.4, 0.5) is 11.6 Å². The molecule has 0 saturated heterocycles. The van der Waals surface area contributed by atoms with E-state index in [1.165, 1.54) is 11.1 Å². The molecular weight excluding hydrogens is 454 g/mol. The van der Waals surface area contributed by atoms with Gasteiger partial charge < -0.3 is 10.6 Å². The largest absolute Gasteiger partial charge is 0.328 e. The van der Waals surface area contributed by atoms with Crippen LogP contribution in [0.25, 0.3) is 0 Å². The van der Waals surface area contributed by atoms with Crippen molar-refractivity contribution in [3.05, 3.63) is 112 Å². The van der Waals surface area contributed by atoms with Gasteiger partial charge in [-0.3, -0.25) is 4.79 Å². The Morgan fingerprint density at radius 2 is 1.74 bits per heavy atom. The van der Waals surface area contributed by atoms with E-state index >= 15 is 0 Å². The Labute approximate surface area is 209 Å². The lowest BCUT2D eigenvalue weighted by Gasteiger charge is -2.28. The molecule has 176 valence electrons. The highest BCUT2D eigenvalue weighted by atomic mass is 32.2. The molecule has 5 rings (SSSR count). The van der Waals surface area contributed by atoms with Crippen LogP contribution in [0, 0.1) is 13.8 Å². The van der Waals surface area contributed by atoms with Crippen LogP contribution in [-0.4, -0.2) is 20.7 Å². The summed E-state index contributed by atoms with van der Waals surface area (Å²) in [6, 6.07) is 25.8. The highest BCUT2D eigenvalue weighted by Gasteiger charge is 2.34. The molecule has 7 heteroatoms. The molecule has 1 aromatic heterocycles. The van der Waals surface area contributed by atoms with Gasteiger partial charge >= 0.3 is 0 Å². The summed E-state index contributed by atoms with van der Waals surface area (Å²) in [5.74, 6) is 1.24. The number of rotatable bonds is 6. The van der Waals surface area contributed by atoms with Gasteiger partial charge in [0.2, 0.25) is 11.1 Å². The van der Waals surface area contributed by atoms with E-state index in [2.05, 4.69) is 73.0 Å². The Kier molecular flexibility index (Phi) is 6.42. The molecule has 35 heavy (non-hydrogen) atoms. The number of benzene rings is 3. The summed E-state index contributed by atoms with van der Waals surface area (Å²) in [7, 11) is 0. The number of nitrogens with zero attached hydrogens (tertiary/aromatic N) is 3. The fraction of sp³-hybridized carbons (Fsp3) is 0.179. The third kappa shape index (κ3) is 5.00. The molecule has 0 fully saturated rings. The minimum Gasteiger partial charge on any atom is -0.328 e. The van der Waals surface area contributed by atoms with Crippen LogP contribution in [0.5, 0.6) is 0 Å². The topological polar surface area (TPSA) is 71.8 Å². The van der Waals surface area contributed by atoms with Crippen molar-refractivity contribution in [3.8, 4) is 0 Å². The lowest BCUT2D eigenvalue weighted by atomic mass is 9.94. The Balaban J connectivity index is 1.48. The van der Waals surface area contributed by atoms with Gasteiger partial charge in [-0.1, -0.05) is 89.6 Å². The number of allylic oxidation sites excluding steroid dienone is 1. The predicted molar refractivity (Wildman–Crippen MR) is 141 cm³/mol. The van der Waals surface area contributed by atoms with Crippen molar-refractivity contribution in [1.29, 1.82) is 0 Å². The molecule has 1 amide bonds. The van der Waals surface area contributed by atoms with Gasteiger partial charge in [-0.2, -0.15) is 4.98 Å². The van der Waals surface area contributed by atoms with E-state index in [1.807, 2.05) is 41.9 Å². The van der Waals surface area contributed by atoms with Gasteiger partial charge in [-0.05, 0) is 44.0 Å². The summed E-state index contributed by atoms with van der Waals surface area (Å²) in [4.78, 5) is 18.3. The van der Waals surface area contributed by atoms with Gasteiger partial charge in [0.25, 0.3) is 5.91 Å². The molecule has 1 unspecified atom stereocenters. The number of thioether (sulfide) groups is 1. The SMILES string of the molecule is CC1=C(C(=O)Nc2ccccc2)C(c2ccc(C)cc2)n2nc(SCc3cccc(C)c3)nc2N1. The third-order valence-electron chi connectivity index (χ3n) is 5.95. The van der Waals surface area contributed by atoms with Gasteiger partial charge in [0, 0.05) is 17.1 Å². The van der Waals surface area contributed by atoms with Gasteiger partial charge in [-0.25, -0.2) is 4.68 Å². The first kappa shape index (κ1) is 22.9.